The molecule has 0 unspecified atom stereocenters. The van der Waals surface area contributed by atoms with E-state index in [1.807, 2.05) is 6.92 Å². The van der Waals surface area contributed by atoms with Gasteiger partial charge >= 0.3 is 0 Å². The fraction of sp³-hybridized carbons (Fsp3) is 0.333. The number of hydrogen-bond donors (Lipinski definition) is 1. The number of phenols is 1. The second kappa shape index (κ2) is 3.34. The second-order valence-electron chi connectivity index (χ2n) is 2.49. The Morgan fingerprint density at radius 2 is 1.67 bits per heavy atom. The smallest absolute Gasteiger partial charge is 0.161 e. The third-order valence-corrected chi connectivity index (χ3v) is 1.70. The van der Waals surface area contributed by atoms with Gasteiger partial charge in [-0.25, -0.2) is 0 Å². The van der Waals surface area contributed by atoms with Crippen molar-refractivity contribution in [1.29, 1.82) is 0 Å². The molecule has 0 heterocycles. The van der Waals surface area contributed by atoms with Crippen LogP contribution in [0.4, 0.5) is 0 Å². The summed E-state index contributed by atoms with van der Waals surface area (Å²) in [6.07, 6.45) is 0. The lowest BCUT2D eigenvalue weighted by atomic mass is 10.2. The van der Waals surface area contributed by atoms with Crippen molar-refractivity contribution in [3.63, 3.8) is 0 Å². The Labute approximate surface area is 71.5 Å². The highest BCUT2D eigenvalue weighted by Crippen LogP contribution is 2.32. The number of aromatic hydroxyl groups is 1. The van der Waals surface area contributed by atoms with Gasteiger partial charge in [0.25, 0.3) is 0 Å². The molecule has 0 fully saturated rings. The molecule has 0 bridgehead atoms. The van der Waals surface area contributed by atoms with Crippen molar-refractivity contribution in [1.82, 2.24) is 0 Å². The van der Waals surface area contributed by atoms with Gasteiger partial charge in [0.2, 0.25) is 0 Å². The Morgan fingerprint density at radius 1 is 1.08 bits per heavy atom. The van der Waals surface area contributed by atoms with E-state index in [0.29, 0.717) is 11.5 Å². The zero-order chi connectivity index (χ0) is 9.14. The molecule has 12 heavy (non-hydrogen) atoms. The van der Waals surface area contributed by atoms with Gasteiger partial charge in [0, 0.05) is 6.07 Å². The number of benzene rings is 1. The summed E-state index contributed by atoms with van der Waals surface area (Å²) in [5.74, 6) is 1.22. The van der Waals surface area contributed by atoms with Crippen LogP contribution >= 0.6 is 0 Å². The minimum atomic E-state index is 0.0972. The zero-order valence-electron chi connectivity index (χ0n) is 7.42. The van der Waals surface area contributed by atoms with Crippen LogP contribution in [-0.4, -0.2) is 19.3 Å². The lowest BCUT2D eigenvalue weighted by Gasteiger charge is -2.08. The number of hydrogen-bond acceptors (Lipinski definition) is 3. The van der Waals surface area contributed by atoms with Gasteiger partial charge in [0.15, 0.2) is 11.5 Å². The van der Waals surface area contributed by atoms with Crippen LogP contribution in [0.2, 0.25) is 0 Å². The first kappa shape index (κ1) is 8.71. The number of phenolic OH excluding ortho intramolecular Hbond substituents is 1. The largest absolute Gasteiger partial charge is 0.504 e. The first-order valence-corrected chi connectivity index (χ1v) is 3.60. The van der Waals surface area contributed by atoms with E-state index < -0.39 is 0 Å². The molecule has 0 amide bonds. The van der Waals surface area contributed by atoms with Crippen molar-refractivity contribution < 1.29 is 14.6 Å². The zero-order valence-corrected chi connectivity index (χ0v) is 7.42. The quantitative estimate of drug-likeness (QED) is 0.730. The van der Waals surface area contributed by atoms with Crippen LogP contribution in [0.15, 0.2) is 12.1 Å². The Balaban J connectivity index is 3.16. The van der Waals surface area contributed by atoms with Crippen molar-refractivity contribution in [2.45, 2.75) is 6.92 Å². The molecule has 0 aliphatic heterocycles. The topological polar surface area (TPSA) is 38.7 Å². The maximum absolute atomic E-state index is 9.34. The maximum atomic E-state index is 9.34. The average molecular weight is 168 g/mol. The lowest BCUT2D eigenvalue weighted by Crippen LogP contribution is -1.89. The summed E-state index contributed by atoms with van der Waals surface area (Å²) in [4.78, 5) is 0. The normalized spacial score (nSPS) is 9.58. The van der Waals surface area contributed by atoms with Gasteiger partial charge in [0.1, 0.15) is 5.75 Å². The van der Waals surface area contributed by atoms with E-state index in [4.69, 9.17) is 9.47 Å². The Bertz CT molecular complexity index is 252. The summed E-state index contributed by atoms with van der Waals surface area (Å²) in [5, 5.41) is 9.34. The molecule has 3 nitrogen and oxygen atoms in total. The first-order chi connectivity index (χ1) is 5.69. The molecule has 0 aromatic heterocycles. The molecule has 0 aliphatic carbocycles. The van der Waals surface area contributed by atoms with Crippen LogP contribution in [0.1, 0.15) is 5.56 Å². The summed E-state index contributed by atoms with van der Waals surface area (Å²) >= 11 is 0. The summed E-state index contributed by atoms with van der Waals surface area (Å²) in [6.45, 7) is 1.89. The van der Waals surface area contributed by atoms with Crippen molar-refractivity contribution >= 4 is 0 Å². The standard InChI is InChI=1S/C9H12O3/c1-6-4-9(12-3)7(10)5-8(6)11-2/h4-5,10H,1-3H3. The number of methoxy groups -OCH3 is 2. The van der Waals surface area contributed by atoms with Gasteiger partial charge in [-0.3, -0.25) is 0 Å². The van der Waals surface area contributed by atoms with Crippen molar-refractivity contribution in [3.8, 4) is 17.2 Å². The molecule has 1 N–H and O–H groups in total. The predicted octanol–water partition coefficient (Wildman–Crippen LogP) is 1.72. The summed E-state index contributed by atoms with van der Waals surface area (Å²) < 4.78 is 9.93. The number of aryl methyl sites for hydroxylation is 1. The fourth-order valence-corrected chi connectivity index (χ4v) is 1.03. The summed E-state index contributed by atoms with van der Waals surface area (Å²) in [7, 11) is 3.08. The Kier molecular flexibility index (Phi) is 2.43. The van der Waals surface area contributed by atoms with Crippen LogP contribution in [0.5, 0.6) is 17.2 Å². The Morgan fingerprint density at radius 3 is 2.17 bits per heavy atom. The van der Waals surface area contributed by atoms with E-state index in [1.54, 1.807) is 13.2 Å². The summed E-state index contributed by atoms with van der Waals surface area (Å²) in [6, 6.07) is 3.27. The van der Waals surface area contributed by atoms with Gasteiger partial charge in [-0.15, -0.1) is 0 Å². The number of ether oxygens (including phenoxy) is 2. The molecular formula is C9H12O3. The van der Waals surface area contributed by atoms with Crippen LogP contribution in [0.25, 0.3) is 0 Å². The minimum absolute atomic E-state index is 0.0972. The molecule has 0 saturated heterocycles. The lowest BCUT2D eigenvalue weighted by molar-refractivity contribution is 0.364. The molecule has 0 saturated carbocycles. The monoisotopic (exact) mass is 168 g/mol. The molecule has 0 radical (unpaired) electrons. The van der Waals surface area contributed by atoms with Crippen molar-refractivity contribution in [2.24, 2.45) is 0 Å². The van der Waals surface area contributed by atoms with Crippen LogP contribution in [0, 0.1) is 6.92 Å². The number of rotatable bonds is 2. The molecule has 3 heteroatoms. The molecular weight excluding hydrogens is 156 g/mol. The molecule has 1 aromatic rings. The highest BCUT2D eigenvalue weighted by molar-refractivity contribution is 5.49. The van der Waals surface area contributed by atoms with Gasteiger partial charge < -0.3 is 14.6 Å². The molecule has 0 spiro atoms. The summed E-state index contributed by atoms with van der Waals surface area (Å²) in [5.41, 5.74) is 0.937. The highest BCUT2D eigenvalue weighted by atomic mass is 16.5. The van der Waals surface area contributed by atoms with Gasteiger partial charge in [-0.2, -0.15) is 0 Å². The second-order valence-corrected chi connectivity index (χ2v) is 2.49. The third kappa shape index (κ3) is 1.44. The molecule has 66 valence electrons. The van der Waals surface area contributed by atoms with Crippen LogP contribution in [0.3, 0.4) is 0 Å². The van der Waals surface area contributed by atoms with Gasteiger partial charge in [-0.05, 0) is 18.6 Å². The van der Waals surface area contributed by atoms with E-state index in [0.717, 1.165) is 5.56 Å². The van der Waals surface area contributed by atoms with E-state index in [1.165, 1.54) is 13.2 Å². The third-order valence-electron chi connectivity index (χ3n) is 1.70. The predicted molar refractivity (Wildman–Crippen MR) is 45.9 cm³/mol. The van der Waals surface area contributed by atoms with Gasteiger partial charge in [0.05, 0.1) is 14.2 Å². The van der Waals surface area contributed by atoms with Crippen LogP contribution < -0.4 is 9.47 Å². The molecule has 1 rings (SSSR count). The van der Waals surface area contributed by atoms with Gasteiger partial charge in [-0.1, -0.05) is 0 Å². The van der Waals surface area contributed by atoms with E-state index in [9.17, 15) is 5.11 Å². The molecule has 1 aromatic carbocycles. The highest BCUT2D eigenvalue weighted by Gasteiger charge is 2.05. The molecule has 0 aliphatic rings. The SMILES string of the molecule is COc1cc(O)c(OC)cc1C. The molecule has 0 atom stereocenters. The maximum Gasteiger partial charge on any atom is 0.161 e. The average Bonchev–Trinajstić information content (AvgIpc) is 2.08. The van der Waals surface area contributed by atoms with Crippen molar-refractivity contribution in [3.05, 3.63) is 17.7 Å². The first-order valence-electron chi connectivity index (χ1n) is 3.60. The minimum Gasteiger partial charge on any atom is -0.504 e. The van der Waals surface area contributed by atoms with E-state index >= 15 is 0 Å². The van der Waals surface area contributed by atoms with Crippen LogP contribution in [-0.2, 0) is 0 Å². The van der Waals surface area contributed by atoms with Crippen molar-refractivity contribution in [2.75, 3.05) is 14.2 Å². The Hall–Kier alpha value is -1.38. The van der Waals surface area contributed by atoms with E-state index in [-0.39, 0.29) is 5.75 Å². The fourth-order valence-electron chi connectivity index (χ4n) is 1.03. The van der Waals surface area contributed by atoms with E-state index in [2.05, 4.69) is 0 Å².